The molecule has 0 spiro atoms. The van der Waals surface area contributed by atoms with E-state index in [-0.39, 0.29) is 118 Å². The van der Waals surface area contributed by atoms with Gasteiger partial charge in [-0.2, -0.15) is 11.8 Å². The van der Waals surface area contributed by atoms with Crippen LogP contribution in [-0.2, 0) is 43.2 Å². The van der Waals surface area contributed by atoms with Crippen LogP contribution in [-0.4, -0.2) is 164 Å². The van der Waals surface area contributed by atoms with Crippen molar-refractivity contribution in [2.24, 2.45) is 11.8 Å². The molecule has 0 aromatic heterocycles. The first-order valence-corrected chi connectivity index (χ1v) is 27.4. The summed E-state index contributed by atoms with van der Waals surface area (Å²) < 4.78 is 0. The number of unbranched alkanes of at least 4 members (excludes halogenated alkanes) is 7. The Hall–Kier alpha value is -6.04. The predicted molar refractivity (Wildman–Crippen MR) is 278 cm³/mol. The predicted octanol–water partition coefficient (Wildman–Crippen LogP) is 4.14. The van der Waals surface area contributed by atoms with Crippen molar-refractivity contribution in [3.8, 4) is 0 Å². The second-order valence-electron chi connectivity index (χ2n) is 18.6. The van der Waals surface area contributed by atoms with Crippen LogP contribution in [0.25, 0.3) is 0 Å². The summed E-state index contributed by atoms with van der Waals surface area (Å²) in [6, 6.07) is 5.16. The summed E-state index contributed by atoms with van der Waals surface area (Å²) in [4.78, 5) is 138. The SMILES string of the molecule is CC[C@H](C)[C@H](CC(=O)[C@H](CCSC)NC(=O)c1cccc(C(=O)NCCCCCN(O)C(=O)CCC(=O)CCCCCCN(O)C(=O)CCC(=O)NCCCCCN(O)C(C)=O)c1)C(=O)NCCN1C(=O)C=CC1=O. The minimum absolute atomic E-state index is 0.00690. The monoisotopic (exact) mass is 1070 g/mol. The molecule has 75 heavy (non-hydrogen) atoms. The molecule has 0 radical (unpaired) electrons. The first kappa shape index (κ1) is 65.1. The number of hydroxylamine groups is 6. The summed E-state index contributed by atoms with van der Waals surface area (Å²) in [5, 5.41) is 42.5. The van der Waals surface area contributed by atoms with Gasteiger partial charge in [-0.25, -0.2) is 15.2 Å². The fourth-order valence-electron chi connectivity index (χ4n) is 7.80. The van der Waals surface area contributed by atoms with E-state index in [2.05, 4.69) is 21.3 Å². The highest BCUT2D eigenvalue weighted by atomic mass is 32.2. The third kappa shape index (κ3) is 26.3. The molecule has 418 valence electrons. The Morgan fingerprint density at radius 1 is 0.653 bits per heavy atom. The zero-order valence-electron chi connectivity index (χ0n) is 44.1. The molecule has 1 heterocycles. The maximum atomic E-state index is 13.7. The van der Waals surface area contributed by atoms with Gasteiger partial charge in [-0.3, -0.25) is 73.3 Å². The van der Waals surface area contributed by atoms with Gasteiger partial charge in [0.25, 0.3) is 23.6 Å². The number of hydrogen-bond donors (Lipinski definition) is 7. The Bertz CT molecular complexity index is 2090. The maximum absolute atomic E-state index is 13.7. The molecule has 0 bridgehead atoms. The van der Waals surface area contributed by atoms with Crippen LogP contribution in [0.3, 0.4) is 0 Å². The molecular formula is C52H80N8O14S. The van der Waals surface area contributed by atoms with E-state index in [1.54, 1.807) is 12.1 Å². The molecule has 7 N–H and O–H groups in total. The van der Waals surface area contributed by atoms with Gasteiger partial charge in [0.1, 0.15) is 5.78 Å². The number of nitrogens with one attached hydrogen (secondary N) is 4. The van der Waals surface area contributed by atoms with Crippen molar-refractivity contribution in [3.63, 3.8) is 0 Å². The molecule has 2 rings (SSSR count). The highest BCUT2D eigenvalue weighted by Gasteiger charge is 2.31. The van der Waals surface area contributed by atoms with Crippen LogP contribution in [0.1, 0.15) is 157 Å². The number of carbonyl (C=O) groups excluding carboxylic acids is 11. The molecule has 0 unspecified atom stereocenters. The average molecular weight is 1070 g/mol. The van der Waals surface area contributed by atoms with Gasteiger partial charge in [0.05, 0.1) is 6.04 Å². The van der Waals surface area contributed by atoms with Crippen molar-refractivity contribution < 1.29 is 68.4 Å². The van der Waals surface area contributed by atoms with Gasteiger partial charge >= 0.3 is 0 Å². The fourth-order valence-corrected chi connectivity index (χ4v) is 8.27. The summed E-state index contributed by atoms with van der Waals surface area (Å²) in [7, 11) is 0. The number of hydrogen-bond acceptors (Lipinski definition) is 15. The standard InChI is InChI=1S/C52H80N8O14S/c1-5-37(2)42(52(71)55-29-33-57-46(65)24-25-47(57)66)36-44(63)43(26-34-75-4)56-51(70)40-18-16-17-39(35-40)50(69)54-28-12-9-15-32-59(73)48(67)22-20-41(62)19-10-6-7-13-31-60(74)49(68)23-21-45(64)53-27-11-8-14-30-58(72)38(3)61/h16-18,24-25,35,37,42-43,72-74H,5-15,19-23,26-34,36H2,1-4H3,(H,53,64)(H,54,69)(H,55,71)(H,56,70)/t37-,42-,43-/m0/s1. The number of amides is 9. The lowest BCUT2D eigenvalue weighted by Gasteiger charge is -2.25. The van der Waals surface area contributed by atoms with E-state index in [4.69, 9.17) is 0 Å². The van der Waals surface area contributed by atoms with Gasteiger partial charge in [-0.05, 0) is 93.9 Å². The number of thioether (sulfide) groups is 1. The molecular weight excluding hydrogens is 993 g/mol. The summed E-state index contributed by atoms with van der Waals surface area (Å²) in [5.74, 6) is -5.00. The van der Waals surface area contributed by atoms with E-state index >= 15 is 0 Å². The first-order chi connectivity index (χ1) is 35.8. The molecule has 0 fully saturated rings. The zero-order chi connectivity index (χ0) is 55.7. The van der Waals surface area contributed by atoms with Crippen molar-refractivity contribution in [3.05, 3.63) is 47.5 Å². The maximum Gasteiger partial charge on any atom is 0.253 e. The van der Waals surface area contributed by atoms with Gasteiger partial charge < -0.3 is 21.3 Å². The minimum atomic E-state index is -0.903. The highest BCUT2D eigenvalue weighted by Crippen LogP contribution is 2.22. The minimum Gasteiger partial charge on any atom is -0.356 e. The molecule has 3 atom stereocenters. The van der Waals surface area contributed by atoms with Gasteiger partial charge in [-0.1, -0.05) is 39.2 Å². The van der Waals surface area contributed by atoms with Crippen molar-refractivity contribution in [1.82, 2.24) is 41.4 Å². The van der Waals surface area contributed by atoms with E-state index in [9.17, 15) is 68.4 Å². The number of Topliss-reactive ketones (excluding diaryl/α,β-unsaturated/α-hetero) is 2. The van der Waals surface area contributed by atoms with E-state index in [1.165, 1.54) is 30.8 Å². The number of nitrogens with zero attached hydrogens (tertiary/aromatic N) is 4. The quantitative estimate of drug-likeness (QED) is 0.0210. The molecule has 23 heteroatoms. The number of benzene rings is 1. The van der Waals surface area contributed by atoms with Gasteiger partial charge in [0, 0.05) is 120 Å². The smallest absolute Gasteiger partial charge is 0.253 e. The van der Waals surface area contributed by atoms with Crippen LogP contribution >= 0.6 is 11.8 Å². The van der Waals surface area contributed by atoms with Crippen LogP contribution in [0, 0.1) is 11.8 Å². The van der Waals surface area contributed by atoms with Crippen LogP contribution in [0.4, 0.5) is 0 Å². The number of rotatable bonds is 40. The molecule has 9 amide bonds. The van der Waals surface area contributed by atoms with Crippen LogP contribution in [0.5, 0.6) is 0 Å². The molecule has 0 aliphatic carbocycles. The lowest BCUT2D eigenvalue weighted by molar-refractivity contribution is -0.166. The van der Waals surface area contributed by atoms with Crippen LogP contribution in [0.15, 0.2) is 36.4 Å². The third-order valence-electron chi connectivity index (χ3n) is 12.7. The number of ketones is 2. The molecule has 1 aliphatic heterocycles. The summed E-state index contributed by atoms with van der Waals surface area (Å²) in [6.07, 6.45) is 10.6. The van der Waals surface area contributed by atoms with Gasteiger partial charge in [0.2, 0.25) is 29.5 Å². The molecule has 1 aliphatic rings. The van der Waals surface area contributed by atoms with E-state index in [0.29, 0.717) is 105 Å². The molecule has 1 aromatic carbocycles. The van der Waals surface area contributed by atoms with Crippen molar-refractivity contribution >= 4 is 76.5 Å². The van der Waals surface area contributed by atoms with E-state index in [1.807, 2.05) is 20.1 Å². The third-order valence-corrected chi connectivity index (χ3v) is 13.4. The second kappa shape index (κ2) is 36.8. The number of imide groups is 1. The van der Waals surface area contributed by atoms with Crippen molar-refractivity contribution in [2.75, 3.05) is 57.8 Å². The fraction of sp³-hybridized carbons (Fsp3) is 0.635. The summed E-state index contributed by atoms with van der Waals surface area (Å²) in [6.45, 7) is 6.05. The van der Waals surface area contributed by atoms with Crippen molar-refractivity contribution in [1.29, 1.82) is 0 Å². The topological polar surface area (TPSA) is 310 Å². The lowest BCUT2D eigenvalue weighted by Crippen LogP contribution is -2.45. The van der Waals surface area contributed by atoms with E-state index < -0.39 is 53.3 Å². The normalized spacial score (nSPS) is 13.1. The second-order valence-corrected chi connectivity index (χ2v) is 19.6. The van der Waals surface area contributed by atoms with Crippen LogP contribution in [0.2, 0.25) is 0 Å². The molecule has 1 aromatic rings. The molecule has 0 saturated carbocycles. The zero-order valence-corrected chi connectivity index (χ0v) is 44.9. The van der Waals surface area contributed by atoms with E-state index in [0.717, 1.165) is 17.1 Å². The van der Waals surface area contributed by atoms with Crippen LogP contribution < -0.4 is 21.3 Å². The summed E-state index contributed by atoms with van der Waals surface area (Å²) in [5.41, 5.74) is 0.388. The van der Waals surface area contributed by atoms with Gasteiger partial charge in [-0.15, -0.1) is 0 Å². The average Bonchev–Trinajstić information content (AvgIpc) is 3.72. The summed E-state index contributed by atoms with van der Waals surface area (Å²) >= 11 is 1.50. The molecule has 0 saturated heterocycles. The lowest BCUT2D eigenvalue weighted by atomic mass is 9.85. The Balaban J connectivity index is 1.64. The highest BCUT2D eigenvalue weighted by molar-refractivity contribution is 7.98. The Morgan fingerprint density at radius 3 is 1.79 bits per heavy atom. The van der Waals surface area contributed by atoms with Gasteiger partial charge in [0.15, 0.2) is 5.78 Å². The Labute approximate surface area is 444 Å². The Kier molecular flexibility index (Phi) is 32.0. The first-order valence-electron chi connectivity index (χ1n) is 26.0. The largest absolute Gasteiger partial charge is 0.356 e. The Morgan fingerprint density at radius 2 is 1.20 bits per heavy atom. The van der Waals surface area contributed by atoms with Crippen molar-refractivity contribution in [2.45, 2.75) is 142 Å². The number of carbonyl (C=O) groups is 11. The molecule has 22 nitrogen and oxygen atoms in total.